The standard InChI is InChI=1S/C5H9BrO3S/c1-4(5(7)3-6)10(2,8)9/h4H,3H2,1-2H3. The van der Waals surface area contributed by atoms with E-state index in [1.807, 2.05) is 0 Å². The zero-order chi connectivity index (χ0) is 8.36. The van der Waals surface area contributed by atoms with E-state index >= 15 is 0 Å². The van der Waals surface area contributed by atoms with Crippen LogP contribution in [0.25, 0.3) is 0 Å². The van der Waals surface area contributed by atoms with Crippen LogP contribution in [0.2, 0.25) is 0 Å². The Balaban J connectivity index is 4.39. The van der Waals surface area contributed by atoms with E-state index in [4.69, 9.17) is 0 Å². The van der Waals surface area contributed by atoms with Gasteiger partial charge in [0.05, 0.1) is 5.33 Å². The Hall–Kier alpha value is 0.1000. The molecule has 1 atom stereocenters. The molecule has 0 aromatic carbocycles. The van der Waals surface area contributed by atoms with Crippen molar-refractivity contribution < 1.29 is 13.2 Å². The van der Waals surface area contributed by atoms with Crippen molar-refractivity contribution >= 4 is 31.6 Å². The minimum atomic E-state index is -3.19. The maximum atomic E-state index is 10.7. The van der Waals surface area contributed by atoms with Gasteiger partial charge in [-0.1, -0.05) is 15.9 Å². The van der Waals surface area contributed by atoms with Gasteiger partial charge in [0, 0.05) is 6.26 Å². The first-order valence-corrected chi connectivity index (χ1v) is 5.74. The fraction of sp³-hybridized carbons (Fsp3) is 0.800. The summed E-state index contributed by atoms with van der Waals surface area (Å²) in [5.41, 5.74) is 0. The summed E-state index contributed by atoms with van der Waals surface area (Å²) in [6, 6.07) is 0. The lowest BCUT2D eigenvalue weighted by atomic mass is 10.3. The van der Waals surface area contributed by atoms with Crippen LogP contribution in [0.4, 0.5) is 0 Å². The Morgan fingerprint density at radius 3 is 2.10 bits per heavy atom. The minimum absolute atomic E-state index is 0.0984. The third-order valence-corrected chi connectivity index (χ3v) is 3.33. The van der Waals surface area contributed by atoms with Crippen LogP contribution in [0.15, 0.2) is 0 Å². The molecule has 0 aliphatic heterocycles. The molecular formula is C5H9BrO3S. The fourth-order valence-corrected chi connectivity index (χ4v) is 1.61. The lowest BCUT2D eigenvalue weighted by Crippen LogP contribution is -2.26. The number of halogens is 1. The van der Waals surface area contributed by atoms with Crippen molar-refractivity contribution in [3.8, 4) is 0 Å². The molecule has 5 heteroatoms. The first-order chi connectivity index (χ1) is 4.39. The van der Waals surface area contributed by atoms with E-state index in [2.05, 4.69) is 15.9 Å². The average molecular weight is 229 g/mol. The highest BCUT2D eigenvalue weighted by Crippen LogP contribution is 2.00. The van der Waals surface area contributed by atoms with E-state index in [9.17, 15) is 13.2 Å². The van der Waals surface area contributed by atoms with Gasteiger partial charge in [-0.15, -0.1) is 0 Å². The van der Waals surface area contributed by atoms with Crippen molar-refractivity contribution in [3.05, 3.63) is 0 Å². The zero-order valence-electron chi connectivity index (χ0n) is 5.80. The highest BCUT2D eigenvalue weighted by Gasteiger charge is 2.21. The Morgan fingerprint density at radius 1 is 1.60 bits per heavy atom. The summed E-state index contributed by atoms with van der Waals surface area (Å²) in [4.78, 5) is 10.7. The molecule has 3 nitrogen and oxygen atoms in total. The summed E-state index contributed by atoms with van der Waals surface area (Å²) >= 11 is 2.89. The van der Waals surface area contributed by atoms with E-state index in [-0.39, 0.29) is 11.1 Å². The zero-order valence-corrected chi connectivity index (χ0v) is 8.20. The fourth-order valence-electron chi connectivity index (χ4n) is 0.347. The van der Waals surface area contributed by atoms with Gasteiger partial charge in [-0.05, 0) is 6.92 Å². The average Bonchev–Trinajstić information content (AvgIpc) is 1.83. The molecule has 0 fully saturated rings. The number of sulfone groups is 1. The van der Waals surface area contributed by atoms with Crippen LogP contribution < -0.4 is 0 Å². The van der Waals surface area contributed by atoms with Crippen molar-refractivity contribution in [2.75, 3.05) is 11.6 Å². The summed E-state index contributed by atoms with van der Waals surface area (Å²) in [6.07, 6.45) is 1.05. The first kappa shape index (κ1) is 10.1. The van der Waals surface area contributed by atoms with E-state index in [0.29, 0.717) is 0 Å². The lowest BCUT2D eigenvalue weighted by molar-refractivity contribution is -0.115. The largest absolute Gasteiger partial charge is 0.297 e. The molecule has 0 saturated carbocycles. The lowest BCUT2D eigenvalue weighted by Gasteiger charge is -2.03. The van der Waals surface area contributed by atoms with Crippen LogP contribution in [0.3, 0.4) is 0 Å². The molecule has 0 aliphatic carbocycles. The van der Waals surface area contributed by atoms with Crippen molar-refractivity contribution in [2.45, 2.75) is 12.2 Å². The number of carbonyl (C=O) groups is 1. The van der Waals surface area contributed by atoms with Gasteiger partial charge in [-0.25, -0.2) is 8.42 Å². The van der Waals surface area contributed by atoms with E-state index < -0.39 is 15.1 Å². The maximum Gasteiger partial charge on any atom is 0.161 e. The molecule has 0 radical (unpaired) electrons. The summed E-state index contributed by atoms with van der Waals surface area (Å²) in [6.45, 7) is 1.39. The quantitative estimate of drug-likeness (QED) is 0.657. The Morgan fingerprint density at radius 2 is 2.00 bits per heavy atom. The number of Topliss-reactive ketones (excluding diaryl/α,β-unsaturated/α-hetero) is 1. The third-order valence-electron chi connectivity index (χ3n) is 1.23. The first-order valence-electron chi connectivity index (χ1n) is 2.67. The maximum absolute atomic E-state index is 10.7. The number of hydrogen-bond acceptors (Lipinski definition) is 3. The van der Waals surface area contributed by atoms with Gasteiger partial charge < -0.3 is 0 Å². The number of ketones is 1. The number of hydrogen-bond donors (Lipinski definition) is 0. The molecule has 0 heterocycles. The molecule has 0 saturated heterocycles. The Labute approximate surface area is 68.9 Å². The molecule has 0 amide bonds. The minimum Gasteiger partial charge on any atom is -0.297 e. The van der Waals surface area contributed by atoms with Crippen LogP contribution in [0.1, 0.15) is 6.92 Å². The second-order valence-corrected chi connectivity index (χ2v) is 5.00. The molecule has 0 aromatic heterocycles. The predicted octanol–water partition coefficient (Wildman–Crippen LogP) is 0.384. The topological polar surface area (TPSA) is 51.2 Å². The van der Waals surface area contributed by atoms with Gasteiger partial charge in [0.15, 0.2) is 15.6 Å². The Kier molecular flexibility index (Phi) is 3.51. The number of rotatable bonds is 3. The van der Waals surface area contributed by atoms with Gasteiger partial charge in [0.25, 0.3) is 0 Å². The molecule has 0 N–H and O–H groups in total. The second-order valence-electron chi connectivity index (χ2n) is 2.07. The summed E-state index contributed by atoms with van der Waals surface area (Å²) < 4.78 is 21.4. The molecule has 0 spiro atoms. The molecule has 0 rings (SSSR count). The number of carbonyl (C=O) groups excluding carboxylic acids is 1. The van der Waals surface area contributed by atoms with Crippen molar-refractivity contribution in [1.82, 2.24) is 0 Å². The van der Waals surface area contributed by atoms with E-state index in [1.54, 1.807) is 0 Å². The van der Waals surface area contributed by atoms with Gasteiger partial charge >= 0.3 is 0 Å². The van der Waals surface area contributed by atoms with Crippen LogP contribution >= 0.6 is 15.9 Å². The molecule has 0 aromatic rings. The van der Waals surface area contributed by atoms with Gasteiger partial charge in [-0.3, -0.25) is 4.79 Å². The monoisotopic (exact) mass is 228 g/mol. The molecule has 10 heavy (non-hydrogen) atoms. The predicted molar refractivity (Wildman–Crippen MR) is 43.1 cm³/mol. The molecule has 0 aliphatic rings. The number of alkyl halides is 1. The Bertz CT molecular complexity index is 219. The van der Waals surface area contributed by atoms with E-state index in [0.717, 1.165) is 6.26 Å². The van der Waals surface area contributed by atoms with Gasteiger partial charge in [0.2, 0.25) is 0 Å². The summed E-state index contributed by atoms with van der Waals surface area (Å²) in [7, 11) is -3.19. The molecule has 0 bridgehead atoms. The van der Waals surface area contributed by atoms with Crippen LogP contribution in [-0.2, 0) is 14.6 Å². The normalized spacial score (nSPS) is 14.7. The van der Waals surface area contributed by atoms with Crippen molar-refractivity contribution in [3.63, 3.8) is 0 Å². The second kappa shape index (κ2) is 3.48. The highest BCUT2D eigenvalue weighted by molar-refractivity contribution is 9.09. The van der Waals surface area contributed by atoms with Crippen molar-refractivity contribution in [1.29, 1.82) is 0 Å². The van der Waals surface area contributed by atoms with Gasteiger partial charge in [0.1, 0.15) is 5.25 Å². The SMILES string of the molecule is CC(C(=O)CBr)S(C)(=O)=O. The van der Waals surface area contributed by atoms with Gasteiger partial charge in [-0.2, -0.15) is 0 Å². The van der Waals surface area contributed by atoms with Crippen molar-refractivity contribution in [2.24, 2.45) is 0 Å². The smallest absolute Gasteiger partial charge is 0.161 e. The molecule has 60 valence electrons. The highest BCUT2D eigenvalue weighted by atomic mass is 79.9. The molecular weight excluding hydrogens is 220 g/mol. The van der Waals surface area contributed by atoms with Crippen LogP contribution in [-0.4, -0.2) is 31.0 Å². The molecule has 1 unspecified atom stereocenters. The van der Waals surface area contributed by atoms with Crippen LogP contribution in [0, 0.1) is 0 Å². The van der Waals surface area contributed by atoms with E-state index in [1.165, 1.54) is 6.92 Å². The summed E-state index contributed by atoms with van der Waals surface area (Å²) in [5, 5.41) is -0.784. The third kappa shape index (κ3) is 2.79. The summed E-state index contributed by atoms with van der Waals surface area (Å²) in [5.74, 6) is -0.303. The van der Waals surface area contributed by atoms with Crippen LogP contribution in [0.5, 0.6) is 0 Å².